The lowest BCUT2D eigenvalue weighted by Gasteiger charge is -2.33. The first kappa shape index (κ1) is 25.2. The SMILES string of the molecule is CCNC(=NCC(O)c1cc(OC)ccc1OC)NC1CCN(CCOC(C)C)CC1. The summed E-state index contributed by atoms with van der Waals surface area (Å²) in [5.41, 5.74) is 0.665. The Hall–Kier alpha value is -2.03. The first-order valence-corrected chi connectivity index (χ1v) is 11.3. The molecule has 1 aromatic carbocycles. The van der Waals surface area contributed by atoms with Crippen LogP contribution < -0.4 is 20.1 Å². The second-order valence-electron chi connectivity index (χ2n) is 8.02. The van der Waals surface area contributed by atoms with Crippen LogP contribution >= 0.6 is 0 Å². The summed E-state index contributed by atoms with van der Waals surface area (Å²) in [6.07, 6.45) is 1.60. The van der Waals surface area contributed by atoms with Crippen LogP contribution in [0.4, 0.5) is 0 Å². The summed E-state index contributed by atoms with van der Waals surface area (Å²) in [6.45, 7) is 11.0. The van der Waals surface area contributed by atoms with Crippen molar-refractivity contribution in [3.8, 4) is 11.5 Å². The number of hydrogen-bond acceptors (Lipinski definition) is 6. The van der Waals surface area contributed by atoms with E-state index in [0.29, 0.717) is 23.1 Å². The number of ether oxygens (including phenoxy) is 3. The van der Waals surface area contributed by atoms with E-state index in [4.69, 9.17) is 14.2 Å². The van der Waals surface area contributed by atoms with Crippen molar-refractivity contribution in [2.75, 3.05) is 53.6 Å². The van der Waals surface area contributed by atoms with E-state index in [2.05, 4.69) is 34.4 Å². The second-order valence-corrected chi connectivity index (χ2v) is 8.02. The van der Waals surface area contributed by atoms with E-state index in [9.17, 15) is 5.11 Å². The summed E-state index contributed by atoms with van der Waals surface area (Å²) >= 11 is 0. The highest BCUT2D eigenvalue weighted by atomic mass is 16.5. The van der Waals surface area contributed by atoms with Gasteiger partial charge in [-0.2, -0.15) is 0 Å². The molecule has 0 spiro atoms. The van der Waals surface area contributed by atoms with Crippen molar-refractivity contribution < 1.29 is 19.3 Å². The van der Waals surface area contributed by atoms with Gasteiger partial charge in [0.15, 0.2) is 5.96 Å². The molecule has 1 atom stereocenters. The molecule has 1 fully saturated rings. The summed E-state index contributed by atoms with van der Waals surface area (Å²) in [4.78, 5) is 7.07. The van der Waals surface area contributed by atoms with Crippen LogP contribution in [0.1, 0.15) is 45.3 Å². The molecule has 0 aliphatic carbocycles. The predicted molar refractivity (Wildman–Crippen MR) is 124 cm³/mol. The number of rotatable bonds is 11. The highest BCUT2D eigenvalue weighted by molar-refractivity contribution is 5.80. The third-order valence-electron chi connectivity index (χ3n) is 5.35. The topological polar surface area (TPSA) is 87.6 Å². The molecule has 8 nitrogen and oxygen atoms in total. The molecule has 0 aromatic heterocycles. The van der Waals surface area contributed by atoms with Gasteiger partial charge in [0, 0.05) is 37.8 Å². The Morgan fingerprint density at radius 1 is 1.23 bits per heavy atom. The molecule has 1 aromatic rings. The van der Waals surface area contributed by atoms with Gasteiger partial charge < -0.3 is 34.9 Å². The van der Waals surface area contributed by atoms with Gasteiger partial charge >= 0.3 is 0 Å². The maximum atomic E-state index is 10.7. The smallest absolute Gasteiger partial charge is 0.191 e. The summed E-state index contributed by atoms with van der Waals surface area (Å²) < 4.78 is 16.3. The fraction of sp³-hybridized carbons (Fsp3) is 0.696. The van der Waals surface area contributed by atoms with Gasteiger partial charge in [-0.05, 0) is 51.8 Å². The van der Waals surface area contributed by atoms with Gasteiger partial charge in [-0.15, -0.1) is 0 Å². The molecule has 1 heterocycles. The van der Waals surface area contributed by atoms with Crippen LogP contribution in [0.3, 0.4) is 0 Å². The molecule has 0 radical (unpaired) electrons. The number of aliphatic imine (C=N–C) groups is 1. The summed E-state index contributed by atoms with van der Waals surface area (Å²) in [7, 11) is 3.19. The molecule has 1 aliphatic rings. The number of nitrogens with zero attached hydrogens (tertiary/aromatic N) is 2. The molecule has 1 saturated heterocycles. The molecule has 1 unspecified atom stereocenters. The molecule has 3 N–H and O–H groups in total. The molecule has 31 heavy (non-hydrogen) atoms. The van der Waals surface area contributed by atoms with Crippen molar-refractivity contribution in [3.05, 3.63) is 23.8 Å². The first-order chi connectivity index (χ1) is 15.0. The van der Waals surface area contributed by atoms with E-state index in [1.807, 2.05) is 13.0 Å². The van der Waals surface area contributed by atoms with Crippen LogP contribution in [0.2, 0.25) is 0 Å². The quantitative estimate of drug-likeness (QED) is 0.362. The van der Waals surface area contributed by atoms with Crippen molar-refractivity contribution in [2.24, 2.45) is 4.99 Å². The minimum absolute atomic E-state index is 0.226. The van der Waals surface area contributed by atoms with Gasteiger partial charge in [0.25, 0.3) is 0 Å². The van der Waals surface area contributed by atoms with E-state index in [0.717, 1.165) is 51.6 Å². The molecule has 0 saturated carbocycles. The number of methoxy groups -OCH3 is 2. The molecule has 0 bridgehead atoms. The Labute approximate surface area is 187 Å². The number of benzene rings is 1. The monoisotopic (exact) mass is 436 g/mol. The van der Waals surface area contributed by atoms with Crippen LogP contribution in [0, 0.1) is 0 Å². The van der Waals surface area contributed by atoms with Gasteiger partial charge in [-0.25, -0.2) is 0 Å². The summed E-state index contributed by atoms with van der Waals surface area (Å²) in [5.74, 6) is 2.02. The molecule has 176 valence electrons. The molecule has 0 amide bonds. The van der Waals surface area contributed by atoms with Crippen molar-refractivity contribution in [2.45, 2.75) is 51.9 Å². The van der Waals surface area contributed by atoms with E-state index in [-0.39, 0.29) is 12.6 Å². The third kappa shape index (κ3) is 8.55. The first-order valence-electron chi connectivity index (χ1n) is 11.3. The van der Waals surface area contributed by atoms with Crippen LogP contribution in [-0.4, -0.2) is 81.7 Å². The zero-order valence-corrected chi connectivity index (χ0v) is 19.7. The zero-order valence-electron chi connectivity index (χ0n) is 19.7. The standard InChI is InChI=1S/C23H40N4O4/c1-6-24-23(26-18-9-11-27(12-10-18)13-14-31-17(2)3)25-16-21(28)20-15-19(29-4)7-8-22(20)30-5/h7-8,15,17-18,21,28H,6,9-14,16H2,1-5H3,(H2,24,25,26). The second kappa shape index (κ2) is 13.4. The number of guanidine groups is 1. The maximum Gasteiger partial charge on any atom is 0.191 e. The van der Waals surface area contributed by atoms with Crippen molar-refractivity contribution >= 4 is 5.96 Å². The lowest BCUT2D eigenvalue weighted by molar-refractivity contribution is 0.0532. The Balaban J connectivity index is 1.89. The van der Waals surface area contributed by atoms with E-state index < -0.39 is 6.10 Å². The normalized spacial score (nSPS) is 16.9. The van der Waals surface area contributed by atoms with Crippen molar-refractivity contribution in [3.63, 3.8) is 0 Å². The Morgan fingerprint density at radius 3 is 2.58 bits per heavy atom. The average Bonchev–Trinajstić information content (AvgIpc) is 2.77. The third-order valence-corrected chi connectivity index (χ3v) is 5.35. The fourth-order valence-corrected chi connectivity index (χ4v) is 3.61. The fourth-order valence-electron chi connectivity index (χ4n) is 3.61. The summed E-state index contributed by atoms with van der Waals surface area (Å²) in [6, 6.07) is 5.76. The lowest BCUT2D eigenvalue weighted by Crippen LogP contribution is -2.49. The number of likely N-dealkylation sites (tertiary alicyclic amines) is 1. The highest BCUT2D eigenvalue weighted by Crippen LogP contribution is 2.29. The van der Waals surface area contributed by atoms with E-state index >= 15 is 0 Å². The van der Waals surface area contributed by atoms with E-state index in [1.165, 1.54) is 0 Å². The highest BCUT2D eigenvalue weighted by Gasteiger charge is 2.20. The summed E-state index contributed by atoms with van der Waals surface area (Å²) in [5, 5.41) is 17.5. The maximum absolute atomic E-state index is 10.7. The lowest BCUT2D eigenvalue weighted by atomic mass is 10.1. The largest absolute Gasteiger partial charge is 0.497 e. The van der Waals surface area contributed by atoms with Gasteiger partial charge in [0.1, 0.15) is 17.6 Å². The molecule has 8 heteroatoms. The number of nitrogens with one attached hydrogen (secondary N) is 2. The number of piperidine rings is 1. The van der Waals surface area contributed by atoms with Crippen molar-refractivity contribution in [1.82, 2.24) is 15.5 Å². The number of hydrogen-bond donors (Lipinski definition) is 3. The Morgan fingerprint density at radius 2 is 1.97 bits per heavy atom. The Bertz CT molecular complexity index is 676. The van der Waals surface area contributed by atoms with Gasteiger partial charge in [-0.3, -0.25) is 4.99 Å². The van der Waals surface area contributed by atoms with Crippen LogP contribution in [0.15, 0.2) is 23.2 Å². The van der Waals surface area contributed by atoms with Crippen molar-refractivity contribution in [1.29, 1.82) is 0 Å². The average molecular weight is 437 g/mol. The van der Waals surface area contributed by atoms with Gasteiger partial charge in [0.2, 0.25) is 0 Å². The van der Waals surface area contributed by atoms with Crippen LogP contribution in [-0.2, 0) is 4.74 Å². The molecule has 2 rings (SSSR count). The molecular weight excluding hydrogens is 396 g/mol. The predicted octanol–water partition coefficient (Wildman–Crippen LogP) is 2.18. The minimum atomic E-state index is -0.789. The van der Waals surface area contributed by atoms with E-state index in [1.54, 1.807) is 26.4 Å². The number of aliphatic hydroxyl groups is 1. The number of aliphatic hydroxyl groups excluding tert-OH is 1. The Kier molecular flexibility index (Phi) is 10.9. The van der Waals surface area contributed by atoms with Gasteiger partial charge in [0.05, 0.1) is 33.5 Å². The van der Waals surface area contributed by atoms with Gasteiger partial charge in [-0.1, -0.05) is 0 Å². The molecule has 1 aliphatic heterocycles. The minimum Gasteiger partial charge on any atom is -0.497 e. The molecular formula is C23H40N4O4. The van der Waals surface area contributed by atoms with Crippen LogP contribution in [0.25, 0.3) is 0 Å². The van der Waals surface area contributed by atoms with Crippen LogP contribution in [0.5, 0.6) is 11.5 Å². The zero-order chi connectivity index (χ0) is 22.6.